The standard InChI is InChI=1S/C19H25N3O3/c1-12(2)17(18(23)22-10-6-7-13(3)11-22)25-19(24)16-14-8-4-5-9-15(14)20-21-16/h4-5,8-9,12-13,17H,6-7,10-11H2,1-3H3,(H,20,21). The maximum Gasteiger partial charge on any atom is 0.360 e. The van der Waals surface area contributed by atoms with Crippen LogP contribution in [0.5, 0.6) is 0 Å². The van der Waals surface area contributed by atoms with E-state index in [1.54, 1.807) is 0 Å². The molecule has 1 aliphatic rings. The molecule has 3 rings (SSSR count). The summed E-state index contributed by atoms with van der Waals surface area (Å²) in [6.45, 7) is 7.39. The van der Waals surface area contributed by atoms with Gasteiger partial charge in [0.25, 0.3) is 5.91 Å². The van der Waals surface area contributed by atoms with E-state index in [1.165, 1.54) is 0 Å². The summed E-state index contributed by atoms with van der Waals surface area (Å²) in [6.07, 6.45) is 1.35. The van der Waals surface area contributed by atoms with Gasteiger partial charge in [0, 0.05) is 18.5 Å². The summed E-state index contributed by atoms with van der Waals surface area (Å²) in [5.74, 6) is -0.278. The predicted octanol–water partition coefficient (Wildman–Crippen LogP) is 3.00. The van der Waals surface area contributed by atoms with Crippen molar-refractivity contribution in [3.05, 3.63) is 30.0 Å². The van der Waals surface area contributed by atoms with Gasteiger partial charge in [0.1, 0.15) is 0 Å². The molecule has 1 fully saturated rings. The van der Waals surface area contributed by atoms with Gasteiger partial charge in [0.05, 0.1) is 5.52 Å². The lowest BCUT2D eigenvalue weighted by Crippen LogP contribution is -2.47. The van der Waals surface area contributed by atoms with Gasteiger partial charge in [0.2, 0.25) is 0 Å². The first-order valence-corrected chi connectivity index (χ1v) is 8.90. The topological polar surface area (TPSA) is 75.3 Å². The number of rotatable bonds is 4. The molecule has 25 heavy (non-hydrogen) atoms. The quantitative estimate of drug-likeness (QED) is 0.866. The number of likely N-dealkylation sites (tertiary alicyclic amines) is 1. The lowest BCUT2D eigenvalue weighted by molar-refractivity contribution is -0.144. The molecule has 1 amide bonds. The van der Waals surface area contributed by atoms with Gasteiger partial charge in [-0.1, -0.05) is 39.0 Å². The van der Waals surface area contributed by atoms with Gasteiger partial charge >= 0.3 is 5.97 Å². The molecule has 1 N–H and O–H groups in total. The van der Waals surface area contributed by atoms with Crippen molar-refractivity contribution >= 4 is 22.8 Å². The van der Waals surface area contributed by atoms with Crippen molar-refractivity contribution in [2.45, 2.75) is 39.7 Å². The summed E-state index contributed by atoms with van der Waals surface area (Å²) >= 11 is 0. The van der Waals surface area contributed by atoms with Gasteiger partial charge in [-0.2, -0.15) is 5.10 Å². The fraction of sp³-hybridized carbons (Fsp3) is 0.526. The van der Waals surface area contributed by atoms with Crippen molar-refractivity contribution < 1.29 is 14.3 Å². The predicted molar refractivity (Wildman–Crippen MR) is 95.1 cm³/mol. The number of fused-ring (bicyclic) bond motifs is 1. The molecule has 2 aromatic rings. The Morgan fingerprint density at radius 3 is 2.80 bits per heavy atom. The summed E-state index contributed by atoms with van der Waals surface area (Å²) < 4.78 is 5.60. The van der Waals surface area contributed by atoms with Crippen LogP contribution in [0.15, 0.2) is 24.3 Å². The van der Waals surface area contributed by atoms with E-state index in [2.05, 4.69) is 17.1 Å². The number of carbonyl (C=O) groups excluding carboxylic acids is 2. The highest BCUT2D eigenvalue weighted by Crippen LogP contribution is 2.21. The van der Waals surface area contributed by atoms with Crippen molar-refractivity contribution in [2.24, 2.45) is 11.8 Å². The Bertz CT molecular complexity index is 768. The number of ether oxygens (including phenoxy) is 1. The van der Waals surface area contributed by atoms with Gasteiger partial charge in [-0.3, -0.25) is 9.89 Å². The molecule has 0 spiro atoms. The zero-order valence-electron chi connectivity index (χ0n) is 15.0. The average Bonchev–Trinajstić information content (AvgIpc) is 3.03. The Hall–Kier alpha value is -2.37. The molecule has 0 bridgehead atoms. The fourth-order valence-corrected chi connectivity index (χ4v) is 3.33. The summed E-state index contributed by atoms with van der Waals surface area (Å²) in [6, 6.07) is 7.37. The monoisotopic (exact) mass is 343 g/mol. The minimum atomic E-state index is -0.784. The normalized spacial score (nSPS) is 19.2. The molecule has 2 heterocycles. The molecule has 0 radical (unpaired) electrons. The number of esters is 1. The third kappa shape index (κ3) is 3.67. The second-order valence-corrected chi connectivity index (χ2v) is 7.22. The molecule has 1 aromatic carbocycles. The van der Waals surface area contributed by atoms with Crippen molar-refractivity contribution in [2.75, 3.05) is 13.1 Å². The number of hydrogen-bond donors (Lipinski definition) is 1. The number of piperidine rings is 1. The average molecular weight is 343 g/mol. The Morgan fingerprint density at radius 1 is 1.32 bits per heavy atom. The lowest BCUT2D eigenvalue weighted by Gasteiger charge is -2.34. The van der Waals surface area contributed by atoms with Crippen LogP contribution in [0.3, 0.4) is 0 Å². The van der Waals surface area contributed by atoms with Crippen LogP contribution < -0.4 is 0 Å². The number of para-hydroxylation sites is 1. The number of nitrogens with zero attached hydrogens (tertiary/aromatic N) is 2. The Morgan fingerprint density at radius 2 is 2.08 bits per heavy atom. The van der Waals surface area contributed by atoms with Crippen LogP contribution in [-0.4, -0.2) is 46.2 Å². The zero-order chi connectivity index (χ0) is 18.0. The van der Waals surface area contributed by atoms with Crippen LogP contribution in [-0.2, 0) is 9.53 Å². The Kier molecular flexibility index (Phi) is 5.06. The van der Waals surface area contributed by atoms with Gasteiger partial charge in [0.15, 0.2) is 11.8 Å². The van der Waals surface area contributed by atoms with Gasteiger partial charge in [-0.25, -0.2) is 4.79 Å². The van der Waals surface area contributed by atoms with Gasteiger partial charge < -0.3 is 9.64 Å². The molecule has 2 unspecified atom stereocenters. The number of nitrogens with one attached hydrogen (secondary N) is 1. The number of amides is 1. The van der Waals surface area contributed by atoms with E-state index in [-0.39, 0.29) is 17.5 Å². The first kappa shape index (κ1) is 17.5. The highest BCUT2D eigenvalue weighted by Gasteiger charge is 2.33. The maximum atomic E-state index is 12.9. The van der Waals surface area contributed by atoms with E-state index < -0.39 is 12.1 Å². The summed E-state index contributed by atoms with van der Waals surface area (Å²) in [4.78, 5) is 27.3. The summed E-state index contributed by atoms with van der Waals surface area (Å²) in [5, 5.41) is 7.59. The molecule has 6 heteroatoms. The maximum absolute atomic E-state index is 12.9. The van der Waals surface area contributed by atoms with E-state index in [1.807, 2.05) is 43.0 Å². The largest absolute Gasteiger partial charge is 0.447 e. The van der Waals surface area contributed by atoms with E-state index >= 15 is 0 Å². The van der Waals surface area contributed by atoms with Crippen molar-refractivity contribution in [3.63, 3.8) is 0 Å². The number of aromatic amines is 1. The Balaban J connectivity index is 1.77. The van der Waals surface area contributed by atoms with Crippen LogP contribution in [0.4, 0.5) is 0 Å². The SMILES string of the molecule is CC1CCCN(C(=O)C(OC(=O)c2n[nH]c3ccccc23)C(C)C)C1. The lowest BCUT2D eigenvalue weighted by atomic mass is 9.98. The molecule has 6 nitrogen and oxygen atoms in total. The molecule has 1 saturated heterocycles. The highest BCUT2D eigenvalue weighted by molar-refractivity contribution is 6.02. The van der Waals surface area contributed by atoms with E-state index in [4.69, 9.17) is 4.74 Å². The minimum absolute atomic E-state index is 0.0983. The van der Waals surface area contributed by atoms with E-state index in [0.717, 1.165) is 31.4 Å². The highest BCUT2D eigenvalue weighted by atomic mass is 16.5. The first-order valence-electron chi connectivity index (χ1n) is 8.90. The molecule has 1 aromatic heterocycles. The van der Waals surface area contributed by atoms with Crippen molar-refractivity contribution in [3.8, 4) is 0 Å². The molecular formula is C19H25N3O3. The third-order valence-corrected chi connectivity index (χ3v) is 4.72. The van der Waals surface area contributed by atoms with Gasteiger partial charge in [-0.05, 0) is 30.7 Å². The number of H-pyrrole nitrogens is 1. The minimum Gasteiger partial charge on any atom is -0.447 e. The van der Waals surface area contributed by atoms with E-state index in [0.29, 0.717) is 11.3 Å². The van der Waals surface area contributed by atoms with Crippen LogP contribution in [0.25, 0.3) is 10.9 Å². The van der Waals surface area contributed by atoms with Crippen LogP contribution >= 0.6 is 0 Å². The molecule has 1 aliphatic heterocycles. The number of aromatic nitrogens is 2. The molecular weight excluding hydrogens is 318 g/mol. The second-order valence-electron chi connectivity index (χ2n) is 7.22. The first-order chi connectivity index (χ1) is 12.0. The van der Waals surface area contributed by atoms with Crippen LogP contribution in [0, 0.1) is 11.8 Å². The van der Waals surface area contributed by atoms with Crippen LogP contribution in [0.2, 0.25) is 0 Å². The zero-order valence-corrected chi connectivity index (χ0v) is 15.0. The second kappa shape index (κ2) is 7.25. The fourth-order valence-electron chi connectivity index (χ4n) is 3.33. The summed E-state index contributed by atoms with van der Waals surface area (Å²) in [5.41, 5.74) is 0.993. The molecule has 134 valence electrons. The number of carbonyl (C=O) groups is 2. The molecule has 2 atom stereocenters. The summed E-state index contributed by atoms with van der Waals surface area (Å²) in [7, 11) is 0. The van der Waals surface area contributed by atoms with Crippen molar-refractivity contribution in [1.29, 1.82) is 0 Å². The number of hydrogen-bond acceptors (Lipinski definition) is 4. The van der Waals surface area contributed by atoms with Crippen LogP contribution in [0.1, 0.15) is 44.1 Å². The van der Waals surface area contributed by atoms with Crippen molar-refractivity contribution in [1.82, 2.24) is 15.1 Å². The third-order valence-electron chi connectivity index (χ3n) is 4.72. The Labute approximate surface area is 147 Å². The molecule has 0 saturated carbocycles. The van der Waals surface area contributed by atoms with E-state index in [9.17, 15) is 9.59 Å². The smallest absolute Gasteiger partial charge is 0.360 e. The molecule has 0 aliphatic carbocycles. The van der Waals surface area contributed by atoms with Gasteiger partial charge in [-0.15, -0.1) is 0 Å². The number of benzene rings is 1.